The number of nitrogens with zero attached hydrogens (tertiary/aromatic N) is 5. The van der Waals surface area contributed by atoms with Crippen LogP contribution in [0.25, 0.3) is 0 Å². The van der Waals surface area contributed by atoms with Crippen molar-refractivity contribution in [3.63, 3.8) is 0 Å². The number of hydrogen-bond donors (Lipinski definition) is 1. The third-order valence-corrected chi connectivity index (χ3v) is 5.10. The van der Waals surface area contributed by atoms with Crippen LogP contribution in [-0.2, 0) is 20.0 Å². The number of hydrogen-bond acceptors (Lipinski definition) is 6. The summed E-state index contributed by atoms with van der Waals surface area (Å²) in [5, 5.41) is 13.5. The van der Waals surface area contributed by atoms with Crippen molar-refractivity contribution in [2.45, 2.75) is 44.9 Å². The minimum absolute atomic E-state index is 0.153. The highest BCUT2D eigenvalue weighted by Crippen LogP contribution is 2.24. The molecule has 0 aromatic carbocycles. The van der Waals surface area contributed by atoms with E-state index < -0.39 is 6.17 Å². The van der Waals surface area contributed by atoms with Gasteiger partial charge in [-0.1, -0.05) is 18.3 Å². The molecule has 6 nitrogen and oxygen atoms in total. The number of alkyl halides is 1. The van der Waals surface area contributed by atoms with Gasteiger partial charge in [-0.2, -0.15) is 0 Å². The summed E-state index contributed by atoms with van der Waals surface area (Å²) < 4.78 is 15.8. The van der Waals surface area contributed by atoms with E-state index in [1.54, 1.807) is 17.5 Å². The number of anilines is 1. The summed E-state index contributed by atoms with van der Waals surface area (Å²) in [7, 11) is 1.97. The SMILES string of the molecule is CCCc1nnc(NC[C@@H]2C[C@H](F)CN2Cc2nccn2C)s1. The Balaban J connectivity index is 1.57. The van der Waals surface area contributed by atoms with Crippen molar-refractivity contribution in [2.75, 3.05) is 18.4 Å². The molecule has 3 heterocycles. The van der Waals surface area contributed by atoms with Gasteiger partial charge in [0.05, 0.1) is 6.54 Å². The lowest BCUT2D eigenvalue weighted by Crippen LogP contribution is -2.35. The first-order valence-corrected chi connectivity index (χ1v) is 8.88. The fourth-order valence-corrected chi connectivity index (χ4v) is 3.75. The van der Waals surface area contributed by atoms with Crippen LogP contribution in [0.4, 0.5) is 9.52 Å². The molecule has 1 aliphatic heterocycles. The summed E-state index contributed by atoms with van der Waals surface area (Å²) in [6, 6.07) is 0.153. The van der Waals surface area contributed by atoms with E-state index in [-0.39, 0.29) is 6.04 Å². The van der Waals surface area contributed by atoms with Crippen LogP contribution in [-0.4, -0.2) is 50.0 Å². The van der Waals surface area contributed by atoms with E-state index in [9.17, 15) is 4.39 Å². The Kier molecular flexibility index (Phi) is 5.22. The molecule has 126 valence electrons. The highest BCUT2D eigenvalue weighted by molar-refractivity contribution is 7.15. The van der Waals surface area contributed by atoms with Gasteiger partial charge in [-0.25, -0.2) is 9.37 Å². The summed E-state index contributed by atoms with van der Waals surface area (Å²) >= 11 is 1.59. The van der Waals surface area contributed by atoms with Crippen molar-refractivity contribution in [3.8, 4) is 0 Å². The summed E-state index contributed by atoms with van der Waals surface area (Å²) in [5.41, 5.74) is 0. The van der Waals surface area contributed by atoms with E-state index in [0.29, 0.717) is 26.1 Å². The van der Waals surface area contributed by atoms with Crippen LogP contribution >= 0.6 is 11.3 Å². The van der Waals surface area contributed by atoms with Crippen LogP contribution in [0.2, 0.25) is 0 Å². The molecule has 0 spiro atoms. The maximum atomic E-state index is 13.9. The molecule has 23 heavy (non-hydrogen) atoms. The van der Waals surface area contributed by atoms with Gasteiger partial charge in [0.25, 0.3) is 0 Å². The van der Waals surface area contributed by atoms with Crippen LogP contribution < -0.4 is 5.32 Å². The summed E-state index contributed by atoms with van der Waals surface area (Å²) in [6.45, 7) is 3.96. The highest BCUT2D eigenvalue weighted by Gasteiger charge is 2.32. The molecule has 0 radical (unpaired) electrons. The number of aromatic nitrogens is 4. The molecule has 2 atom stereocenters. The Hall–Kier alpha value is -1.54. The molecule has 0 bridgehead atoms. The highest BCUT2D eigenvalue weighted by atomic mass is 32.1. The van der Waals surface area contributed by atoms with Gasteiger partial charge < -0.3 is 9.88 Å². The molecule has 0 amide bonds. The van der Waals surface area contributed by atoms with E-state index in [4.69, 9.17) is 0 Å². The number of halogens is 1. The maximum absolute atomic E-state index is 13.9. The zero-order chi connectivity index (χ0) is 16.2. The van der Waals surface area contributed by atoms with Crippen LogP contribution in [0.5, 0.6) is 0 Å². The van der Waals surface area contributed by atoms with Gasteiger partial charge in [-0.05, 0) is 12.8 Å². The van der Waals surface area contributed by atoms with Crippen molar-refractivity contribution >= 4 is 16.5 Å². The average Bonchev–Trinajstić information content (AvgIpc) is 3.21. The number of aryl methyl sites for hydroxylation is 2. The summed E-state index contributed by atoms with van der Waals surface area (Å²) in [4.78, 5) is 6.50. The monoisotopic (exact) mass is 338 g/mol. The molecule has 1 aliphatic rings. The largest absolute Gasteiger partial charge is 0.359 e. The Labute approximate surface area is 139 Å². The summed E-state index contributed by atoms with van der Waals surface area (Å²) in [6.07, 6.45) is 5.51. The van der Waals surface area contributed by atoms with Gasteiger partial charge in [-0.3, -0.25) is 4.90 Å². The quantitative estimate of drug-likeness (QED) is 0.839. The second-order valence-corrected chi connectivity index (χ2v) is 7.06. The normalized spacial score (nSPS) is 21.9. The lowest BCUT2D eigenvalue weighted by molar-refractivity contribution is 0.233. The molecule has 1 N–H and O–H groups in total. The molecular weight excluding hydrogens is 315 g/mol. The average molecular weight is 338 g/mol. The van der Waals surface area contributed by atoms with E-state index in [1.807, 2.05) is 17.8 Å². The molecule has 0 unspecified atom stereocenters. The predicted octanol–water partition coefficient (Wildman–Crippen LogP) is 2.25. The van der Waals surface area contributed by atoms with Crippen LogP contribution in [0, 0.1) is 0 Å². The Bertz CT molecular complexity index is 627. The lowest BCUT2D eigenvalue weighted by Gasteiger charge is -2.23. The molecule has 1 fully saturated rings. The molecular formula is C15H23FN6S. The van der Waals surface area contributed by atoms with Gasteiger partial charge >= 0.3 is 0 Å². The van der Waals surface area contributed by atoms with Crippen molar-refractivity contribution < 1.29 is 4.39 Å². The van der Waals surface area contributed by atoms with Crippen LogP contribution in [0.15, 0.2) is 12.4 Å². The van der Waals surface area contributed by atoms with E-state index in [1.165, 1.54) is 0 Å². The Morgan fingerprint density at radius 3 is 3.04 bits per heavy atom. The second kappa shape index (κ2) is 7.35. The fourth-order valence-electron chi connectivity index (χ4n) is 2.90. The number of rotatable bonds is 7. The van der Waals surface area contributed by atoms with Gasteiger partial charge in [-0.15, -0.1) is 10.2 Å². The Morgan fingerprint density at radius 2 is 2.30 bits per heavy atom. The smallest absolute Gasteiger partial charge is 0.205 e. The zero-order valence-electron chi connectivity index (χ0n) is 13.6. The van der Waals surface area contributed by atoms with Gasteiger partial charge in [0, 0.05) is 45.0 Å². The molecule has 0 saturated carbocycles. The van der Waals surface area contributed by atoms with Crippen molar-refractivity contribution in [1.82, 2.24) is 24.6 Å². The molecule has 8 heteroatoms. The van der Waals surface area contributed by atoms with Gasteiger partial charge in [0.2, 0.25) is 5.13 Å². The van der Waals surface area contributed by atoms with Crippen molar-refractivity contribution in [3.05, 3.63) is 23.2 Å². The Morgan fingerprint density at radius 1 is 1.43 bits per heavy atom. The number of imidazole rings is 1. The lowest BCUT2D eigenvalue weighted by atomic mass is 10.2. The molecule has 3 rings (SSSR count). The second-order valence-electron chi connectivity index (χ2n) is 6.00. The third kappa shape index (κ3) is 4.06. The first-order valence-electron chi connectivity index (χ1n) is 8.06. The minimum atomic E-state index is -0.771. The van der Waals surface area contributed by atoms with E-state index in [0.717, 1.165) is 28.8 Å². The first kappa shape index (κ1) is 16.3. The van der Waals surface area contributed by atoms with Crippen LogP contribution in [0.1, 0.15) is 30.6 Å². The fraction of sp³-hybridized carbons (Fsp3) is 0.667. The number of likely N-dealkylation sites (tertiary alicyclic amines) is 1. The predicted molar refractivity (Wildman–Crippen MR) is 89.3 cm³/mol. The minimum Gasteiger partial charge on any atom is -0.359 e. The zero-order valence-corrected chi connectivity index (χ0v) is 14.4. The first-order chi connectivity index (χ1) is 11.2. The number of nitrogens with one attached hydrogen (secondary N) is 1. The molecule has 0 aliphatic carbocycles. The molecule has 2 aromatic rings. The maximum Gasteiger partial charge on any atom is 0.205 e. The van der Waals surface area contributed by atoms with Gasteiger partial charge in [0.15, 0.2) is 0 Å². The van der Waals surface area contributed by atoms with Gasteiger partial charge in [0.1, 0.15) is 17.0 Å². The van der Waals surface area contributed by atoms with Crippen LogP contribution in [0.3, 0.4) is 0 Å². The third-order valence-electron chi connectivity index (χ3n) is 4.16. The summed E-state index contributed by atoms with van der Waals surface area (Å²) in [5.74, 6) is 0.963. The standard InChI is InChI=1S/C15H23FN6S/c1-3-4-14-19-20-15(23-14)18-8-12-7-11(16)9-22(12)10-13-17-5-6-21(13)2/h5-6,11-12H,3-4,7-10H2,1-2H3,(H,18,20)/t11-,12-/m0/s1. The van der Waals surface area contributed by atoms with E-state index >= 15 is 0 Å². The van der Waals surface area contributed by atoms with Crippen molar-refractivity contribution in [2.24, 2.45) is 7.05 Å². The van der Waals surface area contributed by atoms with Crippen molar-refractivity contribution in [1.29, 1.82) is 0 Å². The molecule has 1 saturated heterocycles. The topological polar surface area (TPSA) is 58.9 Å². The molecule has 2 aromatic heterocycles. The van der Waals surface area contributed by atoms with E-state index in [2.05, 4.69) is 32.3 Å².